The van der Waals surface area contributed by atoms with E-state index in [1.165, 1.54) is 11.3 Å². The highest BCUT2D eigenvalue weighted by atomic mass is 32.1. The molecule has 2 amide bonds. The first kappa shape index (κ1) is 21.3. The first-order chi connectivity index (χ1) is 14.5. The molecule has 3 aromatic rings. The minimum absolute atomic E-state index is 0.194. The molecule has 154 valence electrons. The van der Waals surface area contributed by atoms with Gasteiger partial charge in [0.2, 0.25) is 0 Å². The number of carbonyl (C=O) groups is 2. The van der Waals surface area contributed by atoms with E-state index in [1.807, 2.05) is 67.8 Å². The monoisotopic (exact) mass is 420 g/mol. The lowest BCUT2D eigenvalue weighted by atomic mass is 10.1. The minimum Gasteiger partial charge on any atom is -0.492 e. The van der Waals surface area contributed by atoms with Crippen LogP contribution >= 0.6 is 11.3 Å². The van der Waals surface area contributed by atoms with Crippen molar-refractivity contribution in [1.82, 2.24) is 10.6 Å². The zero-order valence-electron chi connectivity index (χ0n) is 17.0. The summed E-state index contributed by atoms with van der Waals surface area (Å²) in [5, 5.41) is 7.46. The van der Waals surface area contributed by atoms with E-state index >= 15 is 0 Å². The molecular formula is C24H24N2O3S. The normalized spacial score (nSPS) is 11.1. The van der Waals surface area contributed by atoms with Gasteiger partial charge in [0, 0.05) is 10.4 Å². The number of ether oxygens (including phenoxy) is 1. The van der Waals surface area contributed by atoms with Crippen molar-refractivity contribution in [2.75, 3.05) is 13.2 Å². The molecule has 0 spiro atoms. The van der Waals surface area contributed by atoms with Gasteiger partial charge in [-0.25, -0.2) is 0 Å². The lowest BCUT2D eigenvalue weighted by molar-refractivity contribution is -0.117. The molecule has 0 radical (unpaired) electrons. The van der Waals surface area contributed by atoms with E-state index in [-0.39, 0.29) is 17.5 Å². The molecule has 0 saturated heterocycles. The van der Waals surface area contributed by atoms with E-state index in [4.69, 9.17) is 4.74 Å². The molecule has 0 fully saturated rings. The fraction of sp³-hybridized carbons (Fsp3) is 0.167. The molecule has 0 atom stereocenters. The van der Waals surface area contributed by atoms with E-state index < -0.39 is 0 Å². The van der Waals surface area contributed by atoms with E-state index in [1.54, 1.807) is 18.2 Å². The van der Waals surface area contributed by atoms with Crippen LogP contribution in [0.2, 0.25) is 0 Å². The topological polar surface area (TPSA) is 67.4 Å². The van der Waals surface area contributed by atoms with Gasteiger partial charge in [-0.3, -0.25) is 9.59 Å². The largest absolute Gasteiger partial charge is 0.492 e. The average molecular weight is 421 g/mol. The van der Waals surface area contributed by atoms with Gasteiger partial charge in [-0.1, -0.05) is 35.9 Å². The number of amides is 2. The predicted octanol–water partition coefficient (Wildman–Crippen LogP) is 4.33. The Labute approximate surface area is 180 Å². The van der Waals surface area contributed by atoms with Gasteiger partial charge in [0.15, 0.2) is 0 Å². The predicted molar refractivity (Wildman–Crippen MR) is 121 cm³/mol. The first-order valence-corrected chi connectivity index (χ1v) is 10.5. The molecule has 2 aromatic carbocycles. The summed E-state index contributed by atoms with van der Waals surface area (Å²) in [5.74, 6) is 0.0660. The SMILES string of the molecule is Cc1cccc(OCCNC(=O)/C(=C/c2cccs2)NC(=O)c2cccc(C)c2)c1. The number of carbonyl (C=O) groups excluding carboxylic acids is 2. The molecule has 0 bridgehead atoms. The van der Waals surface area contributed by atoms with E-state index in [2.05, 4.69) is 10.6 Å². The summed E-state index contributed by atoms with van der Waals surface area (Å²) in [7, 11) is 0. The molecule has 3 rings (SSSR count). The number of thiophene rings is 1. The van der Waals surface area contributed by atoms with E-state index in [0.717, 1.165) is 21.8 Å². The number of nitrogens with one attached hydrogen (secondary N) is 2. The van der Waals surface area contributed by atoms with Crippen LogP contribution in [0.5, 0.6) is 5.75 Å². The third kappa shape index (κ3) is 6.32. The van der Waals surface area contributed by atoms with E-state index in [0.29, 0.717) is 18.7 Å². The van der Waals surface area contributed by atoms with Crippen molar-refractivity contribution in [2.24, 2.45) is 0 Å². The Morgan fingerprint density at radius 2 is 1.77 bits per heavy atom. The highest BCUT2D eigenvalue weighted by Crippen LogP contribution is 2.14. The van der Waals surface area contributed by atoms with Crippen molar-refractivity contribution in [3.8, 4) is 5.75 Å². The number of hydrogen-bond donors (Lipinski definition) is 2. The van der Waals surface area contributed by atoms with Crippen LogP contribution in [0.3, 0.4) is 0 Å². The molecule has 0 aliphatic rings. The van der Waals surface area contributed by atoms with Crippen LogP contribution in [-0.4, -0.2) is 25.0 Å². The Morgan fingerprint density at radius 1 is 1.00 bits per heavy atom. The van der Waals surface area contributed by atoms with Crippen molar-refractivity contribution in [1.29, 1.82) is 0 Å². The number of rotatable bonds is 8. The fourth-order valence-electron chi connectivity index (χ4n) is 2.79. The Balaban J connectivity index is 1.63. The quantitative estimate of drug-likeness (QED) is 0.421. The maximum Gasteiger partial charge on any atom is 0.267 e. The van der Waals surface area contributed by atoms with Gasteiger partial charge >= 0.3 is 0 Å². The summed E-state index contributed by atoms with van der Waals surface area (Å²) in [6.45, 7) is 4.55. The molecule has 30 heavy (non-hydrogen) atoms. The first-order valence-electron chi connectivity index (χ1n) is 9.62. The molecule has 0 aliphatic carbocycles. The Morgan fingerprint density at radius 3 is 2.47 bits per heavy atom. The van der Waals surface area contributed by atoms with E-state index in [9.17, 15) is 9.59 Å². The molecule has 0 saturated carbocycles. The van der Waals surface area contributed by atoms with Crippen LogP contribution in [0.15, 0.2) is 71.7 Å². The van der Waals surface area contributed by atoms with Gasteiger partial charge in [0.25, 0.3) is 11.8 Å². The smallest absolute Gasteiger partial charge is 0.267 e. The van der Waals surface area contributed by atoms with Crippen molar-refractivity contribution in [3.05, 3.63) is 93.3 Å². The molecule has 5 nitrogen and oxygen atoms in total. The molecule has 6 heteroatoms. The second-order valence-corrected chi connectivity index (χ2v) is 7.80. The maximum absolute atomic E-state index is 12.7. The van der Waals surface area contributed by atoms with Crippen LogP contribution in [0.25, 0.3) is 6.08 Å². The third-order valence-electron chi connectivity index (χ3n) is 4.25. The van der Waals surface area contributed by atoms with Crippen LogP contribution in [0.1, 0.15) is 26.4 Å². The highest BCUT2D eigenvalue weighted by Gasteiger charge is 2.15. The summed E-state index contributed by atoms with van der Waals surface area (Å²) in [5.41, 5.74) is 2.78. The van der Waals surface area contributed by atoms with Crippen LogP contribution in [-0.2, 0) is 4.79 Å². The van der Waals surface area contributed by atoms with Crippen molar-refractivity contribution in [2.45, 2.75) is 13.8 Å². The molecule has 0 aliphatic heterocycles. The molecule has 1 aromatic heterocycles. The lowest BCUT2D eigenvalue weighted by Gasteiger charge is -2.12. The standard InChI is InChI=1S/C24H24N2O3S/c1-17-6-3-8-19(14-17)23(27)26-22(16-21-10-5-13-30-21)24(28)25-11-12-29-20-9-4-7-18(2)15-20/h3-10,13-16H,11-12H2,1-2H3,(H,25,28)(H,26,27)/b22-16-. The highest BCUT2D eigenvalue weighted by molar-refractivity contribution is 7.10. The molecule has 2 N–H and O–H groups in total. The summed E-state index contributed by atoms with van der Waals surface area (Å²) in [4.78, 5) is 26.2. The second-order valence-electron chi connectivity index (χ2n) is 6.82. The maximum atomic E-state index is 12.7. The van der Waals surface area contributed by atoms with Gasteiger partial charge < -0.3 is 15.4 Å². The van der Waals surface area contributed by atoms with Crippen LogP contribution in [0.4, 0.5) is 0 Å². The number of hydrogen-bond acceptors (Lipinski definition) is 4. The van der Waals surface area contributed by atoms with Gasteiger partial charge in [-0.2, -0.15) is 0 Å². The summed E-state index contributed by atoms with van der Waals surface area (Å²) >= 11 is 1.49. The second kappa shape index (κ2) is 10.4. The zero-order valence-corrected chi connectivity index (χ0v) is 17.8. The lowest BCUT2D eigenvalue weighted by Crippen LogP contribution is -2.36. The van der Waals surface area contributed by atoms with Crippen LogP contribution < -0.4 is 15.4 Å². The Hall–Kier alpha value is -3.38. The fourth-order valence-corrected chi connectivity index (χ4v) is 3.45. The van der Waals surface area contributed by atoms with Crippen molar-refractivity contribution >= 4 is 29.2 Å². The summed E-state index contributed by atoms with van der Waals surface area (Å²) in [6, 6.07) is 18.7. The van der Waals surface area contributed by atoms with Gasteiger partial charge in [-0.15, -0.1) is 11.3 Å². The van der Waals surface area contributed by atoms with Gasteiger partial charge in [0.1, 0.15) is 18.1 Å². The minimum atomic E-state index is -0.364. The van der Waals surface area contributed by atoms with Gasteiger partial charge in [-0.05, 0) is 61.2 Å². The Kier molecular flexibility index (Phi) is 7.40. The molecular weight excluding hydrogens is 396 g/mol. The summed E-state index contributed by atoms with van der Waals surface area (Å²) < 4.78 is 5.67. The molecule has 1 heterocycles. The van der Waals surface area contributed by atoms with Crippen molar-refractivity contribution in [3.63, 3.8) is 0 Å². The molecule has 0 unspecified atom stereocenters. The zero-order chi connectivity index (χ0) is 21.3. The summed E-state index contributed by atoms with van der Waals surface area (Å²) in [6.07, 6.45) is 1.68. The average Bonchev–Trinajstić information content (AvgIpc) is 3.24. The Bertz CT molecular complexity index is 1040. The number of aryl methyl sites for hydroxylation is 2. The number of benzene rings is 2. The van der Waals surface area contributed by atoms with Gasteiger partial charge in [0.05, 0.1) is 6.54 Å². The third-order valence-corrected chi connectivity index (χ3v) is 5.07. The van der Waals surface area contributed by atoms with Crippen molar-refractivity contribution < 1.29 is 14.3 Å². The van der Waals surface area contributed by atoms with Crippen LogP contribution in [0, 0.1) is 13.8 Å².